The molecule has 2 fully saturated rings. The molecule has 0 spiro atoms. The molecule has 5 heteroatoms. The fourth-order valence-electron chi connectivity index (χ4n) is 3.33. The number of nitrogen functional groups attached to an aromatic ring is 1. The minimum atomic E-state index is 0.0350. The summed E-state index contributed by atoms with van der Waals surface area (Å²) in [7, 11) is 0. The maximum absolute atomic E-state index is 12.8. The highest BCUT2D eigenvalue weighted by atomic mass is 16.2. The molecule has 1 heterocycles. The first-order chi connectivity index (χ1) is 10.2. The van der Waals surface area contributed by atoms with Gasteiger partial charge in [0, 0.05) is 25.3 Å². The third-order valence-corrected chi connectivity index (χ3v) is 4.74. The first-order valence-corrected chi connectivity index (χ1v) is 8.33. The molecule has 2 aliphatic carbocycles. The SMILES string of the molecule is CCn1cc(N)c(C(=O)N(CC2CCCCC2)C2CC2)n1. The van der Waals surface area contributed by atoms with Crippen LogP contribution in [0.25, 0.3) is 0 Å². The predicted octanol–water partition coefficient (Wildman–Crippen LogP) is 2.67. The number of aromatic nitrogens is 2. The Morgan fingerprint density at radius 2 is 2.05 bits per heavy atom. The molecule has 0 atom stereocenters. The zero-order chi connectivity index (χ0) is 14.8. The summed E-state index contributed by atoms with van der Waals surface area (Å²) in [4.78, 5) is 14.9. The van der Waals surface area contributed by atoms with E-state index < -0.39 is 0 Å². The number of carbonyl (C=O) groups excluding carboxylic acids is 1. The Kier molecular flexibility index (Phi) is 4.17. The number of nitrogens with two attached hydrogens (primary N) is 1. The van der Waals surface area contributed by atoms with E-state index in [1.807, 2.05) is 6.92 Å². The zero-order valence-electron chi connectivity index (χ0n) is 12.9. The van der Waals surface area contributed by atoms with Crippen molar-refractivity contribution in [3.8, 4) is 0 Å². The lowest BCUT2D eigenvalue weighted by molar-refractivity contribution is 0.0693. The van der Waals surface area contributed by atoms with E-state index in [2.05, 4.69) is 10.00 Å². The average Bonchev–Trinajstić information content (AvgIpc) is 3.27. The number of anilines is 1. The van der Waals surface area contributed by atoms with E-state index in [4.69, 9.17) is 5.73 Å². The maximum Gasteiger partial charge on any atom is 0.276 e. The van der Waals surface area contributed by atoms with Crippen molar-refractivity contribution in [2.45, 2.75) is 64.5 Å². The molecule has 21 heavy (non-hydrogen) atoms. The highest BCUT2D eigenvalue weighted by molar-refractivity contribution is 5.97. The van der Waals surface area contributed by atoms with Crippen LogP contribution in [0, 0.1) is 5.92 Å². The summed E-state index contributed by atoms with van der Waals surface area (Å²) in [6.07, 6.45) is 10.5. The summed E-state index contributed by atoms with van der Waals surface area (Å²) in [5.41, 5.74) is 6.93. The Morgan fingerprint density at radius 3 is 2.62 bits per heavy atom. The fraction of sp³-hybridized carbons (Fsp3) is 0.750. The Morgan fingerprint density at radius 1 is 1.33 bits per heavy atom. The maximum atomic E-state index is 12.8. The molecule has 0 radical (unpaired) electrons. The van der Waals surface area contributed by atoms with Crippen molar-refractivity contribution in [3.05, 3.63) is 11.9 Å². The van der Waals surface area contributed by atoms with Crippen LogP contribution < -0.4 is 5.73 Å². The second kappa shape index (κ2) is 6.08. The molecular weight excluding hydrogens is 264 g/mol. The van der Waals surface area contributed by atoms with Gasteiger partial charge in [0.1, 0.15) is 0 Å². The van der Waals surface area contributed by atoms with Crippen LogP contribution in [0.2, 0.25) is 0 Å². The summed E-state index contributed by atoms with van der Waals surface area (Å²) in [5, 5.41) is 4.35. The number of carbonyl (C=O) groups is 1. The van der Waals surface area contributed by atoms with Crippen molar-refractivity contribution in [1.82, 2.24) is 14.7 Å². The highest BCUT2D eigenvalue weighted by Gasteiger charge is 2.36. The molecule has 0 aromatic carbocycles. The van der Waals surface area contributed by atoms with Gasteiger partial charge in [0.25, 0.3) is 5.91 Å². The van der Waals surface area contributed by atoms with Gasteiger partial charge in [0.05, 0.1) is 5.69 Å². The molecular formula is C16H26N4O. The quantitative estimate of drug-likeness (QED) is 0.906. The molecule has 2 N–H and O–H groups in total. The van der Waals surface area contributed by atoms with Gasteiger partial charge in [-0.25, -0.2) is 0 Å². The Labute approximate surface area is 126 Å². The molecule has 1 aromatic rings. The Bertz CT molecular complexity index is 500. The molecule has 0 unspecified atom stereocenters. The van der Waals surface area contributed by atoms with Gasteiger partial charge in [-0.3, -0.25) is 9.48 Å². The summed E-state index contributed by atoms with van der Waals surface area (Å²) < 4.78 is 1.74. The van der Waals surface area contributed by atoms with Crippen molar-refractivity contribution >= 4 is 11.6 Å². The van der Waals surface area contributed by atoms with Crippen molar-refractivity contribution in [1.29, 1.82) is 0 Å². The number of rotatable bonds is 5. The van der Waals surface area contributed by atoms with Crippen LogP contribution >= 0.6 is 0 Å². The van der Waals surface area contributed by atoms with E-state index in [0.717, 1.165) is 25.9 Å². The molecule has 0 aliphatic heterocycles. The van der Waals surface area contributed by atoms with Gasteiger partial charge in [-0.2, -0.15) is 5.10 Å². The number of nitrogens with zero attached hydrogens (tertiary/aromatic N) is 3. The lowest BCUT2D eigenvalue weighted by atomic mass is 9.89. The second-order valence-corrected chi connectivity index (χ2v) is 6.48. The third-order valence-electron chi connectivity index (χ3n) is 4.74. The molecule has 1 aromatic heterocycles. The largest absolute Gasteiger partial charge is 0.396 e. The monoisotopic (exact) mass is 290 g/mol. The van der Waals surface area contributed by atoms with Gasteiger partial charge in [-0.1, -0.05) is 19.3 Å². The number of hydrogen-bond donors (Lipinski definition) is 1. The molecule has 2 aliphatic rings. The molecule has 0 saturated heterocycles. The van der Waals surface area contributed by atoms with Crippen LogP contribution in [0.5, 0.6) is 0 Å². The molecule has 1 amide bonds. The van der Waals surface area contributed by atoms with Gasteiger partial charge in [0.15, 0.2) is 5.69 Å². The van der Waals surface area contributed by atoms with E-state index in [0.29, 0.717) is 23.3 Å². The standard InChI is InChI=1S/C16H26N4O/c1-2-19-11-14(17)15(18-19)16(21)20(13-8-9-13)10-12-6-4-3-5-7-12/h11-13H,2-10,17H2,1H3. The Hall–Kier alpha value is -1.52. The van der Waals surface area contributed by atoms with E-state index in [1.54, 1.807) is 10.9 Å². The van der Waals surface area contributed by atoms with Crippen molar-refractivity contribution in [3.63, 3.8) is 0 Å². The van der Waals surface area contributed by atoms with E-state index >= 15 is 0 Å². The van der Waals surface area contributed by atoms with Gasteiger partial charge in [-0.05, 0) is 38.5 Å². The van der Waals surface area contributed by atoms with Crippen LogP contribution in [0.1, 0.15) is 62.4 Å². The van der Waals surface area contributed by atoms with Gasteiger partial charge in [0.2, 0.25) is 0 Å². The topological polar surface area (TPSA) is 64.2 Å². The Balaban J connectivity index is 1.73. The smallest absolute Gasteiger partial charge is 0.276 e. The van der Waals surface area contributed by atoms with Crippen LogP contribution in [-0.4, -0.2) is 33.2 Å². The van der Waals surface area contributed by atoms with E-state index in [1.165, 1.54) is 32.1 Å². The normalized spacial score (nSPS) is 19.7. The number of aryl methyl sites for hydroxylation is 1. The van der Waals surface area contributed by atoms with Crippen molar-refractivity contribution < 1.29 is 4.79 Å². The predicted molar refractivity (Wildman–Crippen MR) is 82.9 cm³/mol. The van der Waals surface area contributed by atoms with E-state index in [-0.39, 0.29) is 5.91 Å². The van der Waals surface area contributed by atoms with Gasteiger partial charge >= 0.3 is 0 Å². The molecule has 5 nitrogen and oxygen atoms in total. The number of amides is 1. The average molecular weight is 290 g/mol. The first kappa shape index (κ1) is 14.4. The second-order valence-electron chi connectivity index (χ2n) is 6.48. The van der Waals surface area contributed by atoms with Crippen LogP contribution in [0.15, 0.2) is 6.20 Å². The molecule has 0 bridgehead atoms. The van der Waals surface area contributed by atoms with E-state index in [9.17, 15) is 4.79 Å². The number of hydrogen-bond acceptors (Lipinski definition) is 3. The lowest BCUT2D eigenvalue weighted by Crippen LogP contribution is -2.38. The third kappa shape index (κ3) is 3.22. The summed E-state index contributed by atoms with van der Waals surface area (Å²) in [5.74, 6) is 0.700. The first-order valence-electron chi connectivity index (χ1n) is 8.33. The van der Waals surface area contributed by atoms with Crippen LogP contribution in [0.4, 0.5) is 5.69 Å². The fourth-order valence-corrected chi connectivity index (χ4v) is 3.33. The van der Waals surface area contributed by atoms with Gasteiger partial charge < -0.3 is 10.6 Å². The summed E-state index contributed by atoms with van der Waals surface area (Å²) in [6, 6.07) is 0.422. The summed E-state index contributed by atoms with van der Waals surface area (Å²) >= 11 is 0. The van der Waals surface area contributed by atoms with Gasteiger partial charge in [-0.15, -0.1) is 0 Å². The molecule has 116 valence electrons. The van der Waals surface area contributed by atoms with Crippen molar-refractivity contribution in [2.75, 3.05) is 12.3 Å². The molecule has 3 rings (SSSR count). The summed E-state index contributed by atoms with van der Waals surface area (Å²) in [6.45, 7) is 3.63. The minimum absolute atomic E-state index is 0.0350. The van der Waals surface area contributed by atoms with Crippen LogP contribution in [0.3, 0.4) is 0 Å². The minimum Gasteiger partial charge on any atom is -0.396 e. The lowest BCUT2D eigenvalue weighted by Gasteiger charge is -2.29. The van der Waals surface area contributed by atoms with Crippen molar-refractivity contribution in [2.24, 2.45) is 5.92 Å². The molecule has 2 saturated carbocycles. The highest BCUT2D eigenvalue weighted by Crippen LogP contribution is 2.32. The van der Waals surface area contributed by atoms with Crippen LogP contribution in [-0.2, 0) is 6.54 Å². The zero-order valence-corrected chi connectivity index (χ0v) is 12.9.